The van der Waals surface area contributed by atoms with E-state index in [4.69, 9.17) is 0 Å². The van der Waals surface area contributed by atoms with Crippen molar-refractivity contribution in [2.45, 2.75) is 19.0 Å². The molecule has 1 aliphatic heterocycles. The standard InChI is InChI=1S/C18H21N7O2.ClH/c1-23-10-8-20-17(23)15-12-19-7-11-24(15)16(26)6-9-25-18(27)13-4-2-3-5-14(13)21-22-25;/h2-5,8,10,15,19H,6-7,9,11-12H2,1H3;1H. The van der Waals surface area contributed by atoms with Crippen LogP contribution in [0.15, 0.2) is 41.5 Å². The van der Waals surface area contributed by atoms with E-state index in [1.165, 1.54) is 4.68 Å². The predicted octanol–water partition coefficient (Wildman–Crippen LogP) is 0.510. The molecule has 3 aromatic rings. The molecule has 28 heavy (non-hydrogen) atoms. The minimum Gasteiger partial charge on any atom is -0.336 e. The number of halogens is 1. The van der Waals surface area contributed by atoms with Gasteiger partial charge in [-0.3, -0.25) is 9.59 Å². The van der Waals surface area contributed by atoms with Crippen molar-refractivity contribution in [1.82, 2.24) is 34.8 Å². The Balaban J connectivity index is 0.00000225. The van der Waals surface area contributed by atoms with Gasteiger partial charge in [0.05, 0.1) is 11.9 Å². The third kappa shape index (κ3) is 3.76. The molecule has 1 fully saturated rings. The third-order valence-electron chi connectivity index (χ3n) is 4.89. The van der Waals surface area contributed by atoms with Crippen LogP contribution in [0.5, 0.6) is 0 Å². The van der Waals surface area contributed by atoms with Crippen molar-refractivity contribution in [1.29, 1.82) is 0 Å². The summed E-state index contributed by atoms with van der Waals surface area (Å²) in [6.07, 6.45) is 3.79. The second kappa shape index (κ2) is 8.49. The molecule has 1 saturated heterocycles. The number of fused-ring (bicyclic) bond motifs is 1. The van der Waals surface area contributed by atoms with Crippen LogP contribution in [0.1, 0.15) is 18.3 Å². The summed E-state index contributed by atoms with van der Waals surface area (Å²) >= 11 is 0. The van der Waals surface area contributed by atoms with Gasteiger partial charge >= 0.3 is 0 Å². The molecule has 0 radical (unpaired) electrons. The number of carbonyl (C=O) groups is 1. The van der Waals surface area contributed by atoms with Gasteiger partial charge in [-0.15, -0.1) is 17.5 Å². The van der Waals surface area contributed by atoms with E-state index < -0.39 is 0 Å². The van der Waals surface area contributed by atoms with Crippen LogP contribution >= 0.6 is 12.4 Å². The van der Waals surface area contributed by atoms with Gasteiger partial charge in [0.2, 0.25) is 5.91 Å². The Morgan fingerprint density at radius 2 is 2.14 bits per heavy atom. The first-order valence-corrected chi connectivity index (χ1v) is 8.95. The van der Waals surface area contributed by atoms with Gasteiger partial charge in [0, 0.05) is 45.5 Å². The summed E-state index contributed by atoms with van der Waals surface area (Å²) in [6.45, 7) is 2.20. The van der Waals surface area contributed by atoms with Crippen LogP contribution in [0.25, 0.3) is 10.9 Å². The molecule has 1 atom stereocenters. The number of carbonyl (C=O) groups excluding carboxylic acids is 1. The molecule has 0 saturated carbocycles. The highest BCUT2D eigenvalue weighted by Crippen LogP contribution is 2.21. The molecule has 1 aliphatic rings. The average Bonchev–Trinajstić information content (AvgIpc) is 3.13. The molecule has 0 spiro atoms. The Morgan fingerprint density at radius 3 is 2.93 bits per heavy atom. The summed E-state index contributed by atoms with van der Waals surface area (Å²) in [5, 5.41) is 11.8. The molecule has 3 heterocycles. The van der Waals surface area contributed by atoms with Gasteiger partial charge < -0.3 is 14.8 Å². The van der Waals surface area contributed by atoms with Crippen LogP contribution in [0.3, 0.4) is 0 Å². The summed E-state index contributed by atoms with van der Waals surface area (Å²) in [5.41, 5.74) is 0.330. The number of piperazine rings is 1. The van der Waals surface area contributed by atoms with Gasteiger partial charge in [-0.25, -0.2) is 9.67 Å². The third-order valence-corrected chi connectivity index (χ3v) is 4.89. The largest absolute Gasteiger partial charge is 0.336 e. The molecule has 0 aliphatic carbocycles. The van der Waals surface area contributed by atoms with Crippen LogP contribution in [0.2, 0.25) is 0 Å². The van der Waals surface area contributed by atoms with E-state index in [1.807, 2.05) is 28.8 Å². The Hall–Kier alpha value is -2.78. The van der Waals surface area contributed by atoms with Gasteiger partial charge in [-0.05, 0) is 12.1 Å². The van der Waals surface area contributed by atoms with Gasteiger partial charge in [0.1, 0.15) is 17.4 Å². The zero-order valence-electron chi connectivity index (χ0n) is 15.5. The second-order valence-electron chi connectivity index (χ2n) is 6.59. The van der Waals surface area contributed by atoms with Crippen molar-refractivity contribution < 1.29 is 4.79 Å². The molecule has 1 amide bonds. The number of hydrogen-bond donors (Lipinski definition) is 1. The van der Waals surface area contributed by atoms with Gasteiger partial charge in [0.25, 0.3) is 5.56 Å². The highest BCUT2D eigenvalue weighted by Gasteiger charge is 2.30. The van der Waals surface area contributed by atoms with Crippen molar-refractivity contribution in [3.63, 3.8) is 0 Å². The predicted molar refractivity (Wildman–Crippen MR) is 106 cm³/mol. The van der Waals surface area contributed by atoms with Crippen LogP contribution in [0, 0.1) is 0 Å². The first kappa shape index (κ1) is 20.0. The number of amides is 1. The molecule has 10 heteroatoms. The highest BCUT2D eigenvalue weighted by atomic mass is 35.5. The normalized spacial score (nSPS) is 16.8. The summed E-state index contributed by atoms with van der Waals surface area (Å²) in [7, 11) is 1.92. The fourth-order valence-corrected chi connectivity index (χ4v) is 3.45. The first-order chi connectivity index (χ1) is 13.1. The minimum atomic E-state index is -0.227. The van der Waals surface area contributed by atoms with Crippen molar-refractivity contribution >= 4 is 29.2 Å². The number of imidazole rings is 1. The number of aromatic nitrogens is 5. The maximum atomic E-state index is 12.9. The number of nitrogens with zero attached hydrogens (tertiary/aromatic N) is 6. The number of hydrogen-bond acceptors (Lipinski definition) is 6. The smallest absolute Gasteiger partial charge is 0.277 e. The van der Waals surface area contributed by atoms with Crippen molar-refractivity contribution in [3.8, 4) is 0 Å². The van der Waals surface area contributed by atoms with Crippen molar-refractivity contribution in [2.75, 3.05) is 19.6 Å². The zero-order valence-corrected chi connectivity index (χ0v) is 16.3. The van der Waals surface area contributed by atoms with Crippen molar-refractivity contribution in [3.05, 3.63) is 52.8 Å². The summed E-state index contributed by atoms with van der Waals surface area (Å²) in [5.74, 6) is 0.824. The quantitative estimate of drug-likeness (QED) is 0.681. The Kier molecular flexibility index (Phi) is 6.05. The van der Waals surface area contributed by atoms with Crippen molar-refractivity contribution in [2.24, 2.45) is 7.05 Å². The van der Waals surface area contributed by atoms with E-state index in [0.29, 0.717) is 24.0 Å². The van der Waals surface area contributed by atoms with E-state index in [-0.39, 0.29) is 42.9 Å². The fraction of sp³-hybridized carbons (Fsp3) is 0.389. The average molecular weight is 404 g/mol. The Morgan fingerprint density at radius 1 is 1.32 bits per heavy atom. The summed E-state index contributed by atoms with van der Waals surface area (Å²) in [6, 6.07) is 6.95. The summed E-state index contributed by atoms with van der Waals surface area (Å²) < 4.78 is 3.19. The number of aryl methyl sites for hydroxylation is 2. The lowest BCUT2D eigenvalue weighted by atomic mass is 10.1. The Bertz CT molecular complexity index is 1030. The lowest BCUT2D eigenvalue weighted by Gasteiger charge is -2.35. The molecule has 1 unspecified atom stereocenters. The lowest BCUT2D eigenvalue weighted by molar-refractivity contribution is -0.135. The molecule has 9 nitrogen and oxygen atoms in total. The molecule has 2 aromatic heterocycles. The Labute approximate surface area is 167 Å². The fourth-order valence-electron chi connectivity index (χ4n) is 3.45. The number of nitrogens with one attached hydrogen (secondary N) is 1. The number of benzene rings is 1. The zero-order chi connectivity index (χ0) is 18.8. The second-order valence-corrected chi connectivity index (χ2v) is 6.59. The molecular formula is C18H22ClN7O2. The molecule has 4 rings (SSSR count). The monoisotopic (exact) mass is 403 g/mol. The van der Waals surface area contributed by atoms with Crippen LogP contribution in [0.4, 0.5) is 0 Å². The van der Waals surface area contributed by atoms with Gasteiger partial charge in [-0.2, -0.15) is 0 Å². The van der Waals surface area contributed by atoms with Gasteiger partial charge in [0.15, 0.2) is 0 Å². The molecular weight excluding hydrogens is 382 g/mol. The summed E-state index contributed by atoms with van der Waals surface area (Å²) in [4.78, 5) is 31.6. The molecule has 0 bridgehead atoms. The van der Waals surface area contributed by atoms with Gasteiger partial charge in [-0.1, -0.05) is 17.3 Å². The van der Waals surface area contributed by atoms with E-state index in [9.17, 15) is 9.59 Å². The highest BCUT2D eigenvalue weighted by molar-refractivity contribution is 5.85. The topological polar surface area (TPSA) is 97.9 Å². The van der Waals surface area contributed by atoms with E-state index >= 15 is 0 Å². The maximum absolute atomic E-state index is 12.9. The van der Waals surface area contributed by atoms with Crippen LogP contribution in [-0.4, -0.2) is 55.0 Å². The first-order valence-electron chi connectivity index (χ1n) is 8.95. The maximum Gasteiger partial charge on any atom is 0.277 e. The molecule has 148 valence electrons. The van der Waals surface area contributed by atoms with E-state index in [0.717, 1.165) is 12.4 Å². The molecule has 1 N–H and O–H groups in total. The number of rotatable bonds is 4. The van der Waals surface area contributed by atoms with Crippen LogP contribution in [-0.2, 0) is 18.4 Å². The molecule has 1 aromatic carbocycles. The lowest BCUT2D eigenvalue weighted by Crippen LogP contribution is -2.49. The SMILES string of the molecule is Cl.Cn1ccnc1C1CNCCN1C(=O)CCn1nnc2ccccc2c1=O. The van der Waals surface area contributed by atoms with E-state index in [2.05, 4.69) is 20.6 Å². The van der Waals surface area contributed by atoms with E-state index in [1.54, 1.807) is 24.4 Å². The minimum absolute atomic E-state index is 0. The van der Waals surface area contributed by atoms with Crippen LogP contribution < -0.4 is 10.9 Å².